The summed E-state index contributed by atoms with van der Waals surface area (Å²) in [5, 5.41) is 9.97. The minimum absolute atomic E-state index is 0.214. The lowest BCUT2D eigenvalue weighted by Gasteiger charge is -2.24. The normalized spacial score (nSPS) is 26.2. The molecule has 2 unspecified atom stereocenters. The first-order valence-corrected chi connectivity index (χ1v) is 5.23. The van der Waals surface area contributed by atoms with Crippen molar-refractivity contribution >= 4 is 11.6 Å². The third-order valence-corrected chi connectivity index (χ3v) is 2.61. The second-order valence-corrected chi connectivity index (χ2v) is 4.40. The highest BCUT2D eigenvalue weighted by Gasteiger charge is 2.25. The van der Waals surface area contributed by atoms with Crippen LogP contribution in [0.15, 0.2) is 11.6 Å². The Morgan fingerprint density at radius 2 is 2.46 bits per heavy atom. The van der Waals surface area contributed by atoms with Gasteiger partial charge in [-0.3, -0.25) is 4.90 Å². The number of nitrogens with zero attached hydrogens (tertiary/aromatic N) is 1. The number of rotatable bonds is 4. The van der Waals surface area contributed by atoms with Crippen LogP contribution in [0.1, 0.15) is 26.2 Å². The van der Waals surface area contributed by atoms with E-state index in [9.17, 15) is 5.11 Å². The summed E-state index contributed by atoms with van der Waals surface area (Å²) >= 11 is 5.76. The van der Waals surface area contributed by atoms with Crippen LogP contribution in [0.2, 0.25) is 0 Å². The van der Waals surface area contributed by atoms with E-state index in [1.165, 1.54) is 12.8 Å². The molecule has 1 saturated heterocycles. The van der Waals surface area contributed by atoms with Crippen molar-refractivity contribution in [2.75, 3.05) is 13.1 Å². The standard InChI is InChI=1S/C10H18ClNO/c1-8(11)7-12-5-3-4-10(12)6-9(2)13/h9-10,13H,1,3-7H2,2H3. The zero-order valence-electron chi connectivity index (χ0n) is 8.17. The van der Waals surface area contributed by atoms with Crippen LogP contribution >= 0.6 is 11.6 Å². The summed E-state index contributed by atoms with van der Waals surface area (Å²) in [5.41, 5.74) is 0. The van der Waals surface area contributed by atoms with Gasteiger partial charge in [-0.05, 0) is 32.7 Å². The van der Waals surface area contributed by atoms with E-state index in [1.807, 2.05) is 6.92 Å². The van der Waals surface area contributed by atoms with Crippen LogP contribution in [0, 0.1) is 0 Å². The van der Waals surface area contributed by atoms with E-state index < -0.39 is 0 Å². The van der Waals surface area contributed by atoms with E-state index in [0.29, 0.717) is 11.1 Å². The number of hydrogen-bond acceptors (Lipinski definition) is 2. The van der Waals surface area contributed by atoms with Crippen molar-refractivity contribution in [2.45, 2.75) is 38.3 Å². The smallest absolute Gasteiger partial charge is 0.0527 e. The van der Waals surface area contributed by atoms with Crippen molar-refractivity contribution in [1.82, 2.24) is 4.90 Å². The van der Waals surface area contributed by atoms with Gasteiger partial charge in [0.1, 0.15) is 0 Å². The van der Waals surface area contributed by atoms with Gasteiger partial charge < -0.3 is 5.11 Å². The molecule has 2 nitrogen and oxygen atoms in total. The van der Waals surface area contributed by atoms with Crippen molar-refractivity contribution in [3.63, 3.8) is 0 Å². The van der Waals surface area contributed by atoms with Gasteiger partial charge >= 0.3 is 0 Å². The number of aliphatic hydroxyl groups is 1. The number of likely N-dealkylation sites (tertiary alicyclic amines) is 1. The Morgan fingerprint density at radius 3 is 3.00 bits per heavy atom. The first-order valence-electron chi connectivity index (χ1n) is 4.85. The maximum atomic E-state index is 9.28. The van der Waals surface area contributed by atoms with Gasteiger partial charge in [0.05, 0.1) is 6.10 Å². The van der Waals surface area contributed by atoms with Gasteiger partial charge in [0.2, 0.25) is 0 Å². The fourth-order valence-electron chi connectivity index (χ4n) is 1.98. The summed E-state index contributed by atoms with van der Waals surface area (Å²) in [6, 6.07) is 0.496. The Bertz CT molecular complexity index is 182. The lowest BCUT2D eigenvalue weighted by molar-refractivity contribution is 0.139. The molecule has 0 radical (unpaired) electrons. The summed E-state index contributed by atoms with van der Waals surface area (Å²) < 4.78 is 0. The third kappa shape index (κ3) is 3.67. The fourth-order valence-corrected chi connectivity index (χ4v) is 2.14. The summed E-state index contributed by atoms with van der Waals surface area (Å²) in [7, 11) is 0. The topological polar surface area (TPSA) is 23.5 Å². The monoisotopic (exact) mass is 203 g/mol. The molecule has 76 valence electrons. The predicted octanol–water partition coefficient (Wildman–Crippen LogP) is 1.97. The first kappa shape index (κ1) is 11.0. The molecule has 0 spiro atoms. The van der Waals surface area contributed by atoms with Gasteiger partial charge in [-0.1, -0.05) is 18.2 Å². The van der Waals surface area contributed by atoms with Crippen LogP contribution in [-0.4, -0.2) is 35.2 Å². The molecule has 0 bridgehead atoms. The molecule has 1 fully saturated rings. The Morgan fingerprint density at radius 1 is 1.77 bits per heavy atom. The van der Waals surface area contributed by atoms with Crippen LogP contribution in [0.5, 0.6) is 0 Å². The van der Waals surface area contributed by atoms with Crippen LogP contribution in [0.3, 0.4) is 0 Å². The molecule has 3 heteroatoms. The Hall–Kier alpha value is -0.0500. The molecule has 1 heterocycles. The Labute approximate surface area is 85.2 Å². The zero-order chi connectivity index (χ0) is 9.84. The highest BCUT2D eigenvalue weighted by atomic mass is 35.5. The molecule has 1 N–H and O–H groups in total. The molecule has 0 saturated carbocycles. The van der Waals surface area contributed by atoms with E-state index in [4.69, 9.17) is 11.6 Å². The van der Waals surface area contributed by atoms with Crippen molar-refractivity contribution in [2.24, 2.45) is 0 Å². The Balaban J connectivity index is 2.39. The summed E-state index contributed by atoms with van der Waals surface area (Å²) in [6.45, 7) is 7.38. The zero-order valence-corrected chi connectivity index (χ0v) is 8.93. The van der Waals surface area contributed by atoms with Crippen LogP contribution in [0.4, 0.5) is 0 Å². The van der Waals surface area contributed by atoms with Gasteiger partial charge in [-0.15, -0.1) is 0 Å². The van der Waals surface area contributed by atoms with Crippen LogP contribution < -0.4 is 0 Å². The highest BCUT2D eigenvalue weighted by molar-refractivity contribution is 6.29. The third-order valence-electron chi connectivity index (χ3n) is 2.49. The fraction of sp³-hybridized carbons (Fsp3) is 0.800. The molecule has 13 heavy (non-hydrogen) atoms. The van der Waals surface area contributed by atoms with Crippen molar-refractivity contribution in [1.29, 1.82) is 0 Å². The highest BCUT2D eigenvalue weighted by Crippen LogP contribution is 2.22. The maximum Gasteiger partial charge on any atom is 0.0527 e. The average molecular weight is 204 g/mol. The molecule has 0 aliphatic carbocycles. The minimum atomic E-state index is -0.214. The predicted molar refractivity (Wildman–Crippen MR) is 55.9 cm³/mol. The molecule has 1 aliphatic rings. The average Bonchev–Trinajstić information content (AvgIpc) is 2.34. The molecule has 2 atom stereocenters. The number of hydrogen-bond donors (Lipinski definition) is 1. The molecule has 1 rings (SSSR count). The van der Waals surface area contributed by atoms with Crippen molar-refractivity contribution < 1.29 is 5.11 Å². The summed E-state index contributed by atoms with van der Waals surface area (Å²) in [6.07, 6.45) is 3.02. The van der Waals surface area contributed by atoms with Crippen molar-refractivity contribution in [3.05, 3.63) is 11.6 Å². The van der Waals surface area contributed by atoms with E-state index in [0.717, 1.165) is 19.5 Å². The maximum absolute atomic E-state index is 9.28. The Kier molecular flexibility index (Phi) is 4.23. The van der Waals surface area contributed by atoms with Gasteiger partial charge in [0.25, 0.3) is 0 Å². The largest absolute Gasteiger partial charge is 0.393 e. The quantitative estimate of drug-likeness (QED) is 0.756. The lowest BCUT2D eigenvalue weighted by atomic mass is 10.1. The summed E-state index contributed by atoms with van der Waals surface area (Å²) in [4.78, 5) is 2.31. The molecule has 0 aromatic carbocycles. The van der Waals surface area contributed by atoms with E-state index in [2.05, 4.69) is 11.5 Å². The first-order chi connectivity index (χ1) is 6.09. The van der Waals surface area contributed by atoms with Crippen molar-refractivity contribution in [3.8, 4) is 0 Å². The van der Waals surface area contributed by atoms with Crippen LogP contribution in [0.25, 0.3) is 0 Å². The van der Waals surface area contributed by atoms with E-state index >= 15 is 0 Å². The van der Waals surface area contributed by atoms with Gasteiger partial charge in [-0.25, -0.2) is 0 Å². The number of halogens is 1. The van der Waals surface area contributed by atoms with Gasteiger partial charge in [-0.2, -0.15) is 0 Å². The molecule has 0 aromatic heterocycles. The van der Waals surface area contributed by atoms with Crippen LogP contribution in [-0.2, 0) is 0 Å². The summed E-state index contributed by atoms with van der Waals surface area (Å²) in [5.74, 6) is 0. The molecular formula is C10H18ClNO. The molecular weight excluding hydrogens is 186 g/mol. The van der Waals surface area contributed by atoms with E-state index in [-0.39, 0.29) is 6.10 Å². The second kappa shape index (κ2) is 4.99. The van der Waals surface area contributed by atoms with E-state index in [1.54, 1.807) is 0 Å². The van der Waals surface area contributed by atoms with Gasteiger partial charge in [0.15, 0.2) is 0 Å². The second-order valence-electron chi connectivity index (χ2n) is 3.87. The molecule has 0 amide bonds. The molecule has 1 aliphatic heterocycles. The SMILES string of the molecule is C=C(Cl)CN1CCCC1CC(C)O. The lowest BCUT2D eigenvalue weighted by Crippen LogP contribution is -2.32. The van der Waals surface area contributed by atoms with Gasteiger partial charge in [0, 0.05) is 17.6 Å². The molecule has 0 aromatic rings. The number of aliphatic hydroxyl groups excluding tert-OH is 1. The minimum Gasteiger partial charge on any atom is -0.393 e.